The second-order valence-corrected chi connectivity index (χ2v) is 12.8. The number of aromatic nitrogens is 1. The van der Waals surface area contributed by atoms with Crippen LogP contribution in [0.25, 0.3) is 0 Å². The third-order valence-corrected chi connectivity index (χ3v) is 8.42. The largest absolute Gasteiger partial charge is 0.443 e. The summed E-state index contributed by atoms with van der Waals surface area (Å²) in [6.07, 6.45) is 12.6. The van der Waals surface area contributed by atoms with Crippen molar-refractivity contribution in [3.05, 3.63) is 40.9 Å². The molecular weight excluding hydrogens is 540 g/mol. The third-order valence-electron chi connectivity index (χ3n) is 8.42. The zero-order valence-corrected chi connectivity index (χ0v) is 28.2. The summed E-state index contributed by atoms with van der Waals surface area (Å²) in [6, 6.07) is 1.80. The molecule has 2 rings (SSSR count). The average Bonchev–Trinajstić information content (AvgIpc) is 2.95. The molecule has 1 aliphatic rings. The lowest BCUT2D eigenvalue weighted by Gasteiger charge is -2.49. The van der Waals surface area contributed by atoms with Crippen molar-refractivity contribution < 1.29 is 19.1 Å². The van der Waals surface area contributed by atoms with Gasteiger partial charge in [0.05, 0.1) is 22.6 Å². The lowest BCUT2D eigenvalue weighted by atomic mass is 9.71. The molecule has 8 heteroatoms. The first kappa shape index (κ1) is 35.9. The topological polar surface area (TPSA) is 101 Å². The van der Waals surface area contributed by atoms with Crippen molar-refractivity contribution in [1.29, 1.82) is 0 Å². The van der Waals surface area contributed by atoms with Gasteiger partial charge in [0.1, 0.15) is 11.3 Å². The molecule has 238 valence electrons. The predicted octanol–water partition coefficient (Wildman–Crippen LogP) is 8.88. The number of nitrogens with one attached hydrogen (secondary N) is 1. The fraction of sp³-hybridized carbons (Fsp3) is 0.629. The molecule has 1 heterocycles. The molecule has 8 nitrogen and oxygen atoms in total. The average molecular weight is 595 g/mol. The summed E-state index contributed by atoms with van der Waals surface area (Å²) in [6.45, 7) is 18.6. The van der Waals surface area contributed by atoms with E-state index >= 15 is 0 Å². The molecule has 1 atom stereocenters. The molecule has 2 amide bonds. The van der Waals surface area contributed by atoms with Crippen molar-refractivity contribution in [2.24, 2.45) is 10.9 Å². The van der Waals surface area contributed by atoms with Crippen LogP contribution in [-0.4, -0.2) is 45.0 Å². The molecule has 1 fully saturated rings. The summed E-state index contributed by atoms with van der Waals surface area (Å²) in [5, 5.41) is 3.26. The fourth-order valence-electron chi connectivity index (χ4n) is 5.69. The van der Waals surface area contributed by atoms with Crippen molar-refractivity contribution in [1.82, 2.24) is 9.88 Å². The van der Waals surface area contributed by atoms with Gasteiger partial charge < -0.3 is 10.1 Å². The quantitative estimate of drug-likeness (QED) is 0.147. The van der Waals surface area contributed by atoms with Gasteiger partial charge in [0.2, 0.25) is 0 Å². The van der Waals surface area contributed by atoms with Gasteiger partial charge >= 0.3 is 6.09 Å². The monoisotopic (exact) mass is 594 g/mol. The van der Waals surface area contributed by atoms with Gasteiger partial charge in [-0.2, -0.15) is 0 Å². The van der Waals surface area contributed by atoms with Crippen LogP contribution >= 0.6 is 0 Å². The SMILES string of the molecule is CC=Nc1c(N/C(=C/C(C)=C(\C)C(=O)N(C(=O)OC(C)(C)C)C2(C(C)CC)CCCCC2)C(C)=O)ccnc1CCCC. The Bertz CT molecular complexity index is 1230. The maximum Gasteiger partial charge on any atom is 0.417 e. The lowest BCUT2D eigenvalue weighted by Crippen LogP contribution is -2.60. The van der Waals surface area contributed by atoms with Crippen molar-refractivity contribution in [2.75, 3.05) is 5.32 Å². The Morgan fingerprint density at radius 2 is 1.79 bits per heavy atom. The lowest BCUT2D eigenvalue weighted by molar-refractivity contribution is -0.136. The van der Waals surface area contributed by atoms with Gasteiger partial charge in [-0.05, 0) is 90.9 Å². The van der Waals surface area contributed by atoms with Crippen LogP contribution in [0.2, 0.25) is 0 Å². The van der Waals surface area contributed by atoms with E-state index in [1.54, 1.807) is 38.4 Å². The van der Waals surface area contributed by atoms with E-state index in [9.17, 15) is 14.4 Å². The highest BCUT2D eigenvalue weighted by molar-refractivity contribution is 6.04. The second kappa shape index (κ2) is 16.0. The maximum atomic E-state index is 14.3. The molecule has 1 aromatic heterocycles. The van der Waals surface area contributed by atoms with Gasteiger partial charge in [-0.25, -0.2) is 9.69 Å². The number of anilines is 1. The summed E-state index contributed by atoms with van der Waals surface area (Å²) in [7, 11) is 0. The molecule has 0 spiro atoms. The van der Waals surface area contributed by atoms with Crippen molar-refractivity contribution in [2.45, 2.75) is 138 Å². The minimum absolute atomic E-state index is 0.105. The highest BCUT2D eigenvalue weighted by Crippen LogP contribution is 2.42. The number of hydrogen-bond acceptors (Lipinski definition) is 7. The highest BCUT2D eigenvalue weighted by Gasteiger charge is 2.49. The summed E-state index contributed by atoms with van der Waals surface area (Å²) in [5.74, 6) is -0.464. The van der Waals surface area contributed by atoms with Gasteiger partial charge in [0.15, 0.2) is 5.78 Å². The Hall–Kier alpha value is -3.29. The second-order valence-electron chi connectivity index (χ2n) is 12.8. The number of amides is 2. The summed E-state index contributed by atoms with van der Waals surface area (Å²) < 4.78 is 5.84. The molecular formula is C35H54N4O4. The van der Waals surface area contributed by atoms with Crippen LogP contribution in [0.3, 0.4) is 0 Å². The van der Waals surface area contributed by atoms with Gasteiger partial charge in [-0.3, -0.25) is 19.6 Å². The van der Waals surface area contributed by atoms with Gasteiger partial charge in [0.25, 0.3) is 5.91 Å². The molecule has 1 saturated carbocycles. The predicted molar refractivity (Wildman–Crippen MR) is 176 cm³/mol. The summed E-state index contributed by atoms with van der Waals surface area (Å²) in [4.78, 5) is 51.5. The Morgan fingerprint density at radius 1 is 1.14 bits per heavy atom. The molecule has 1 aliphatic carbocycles. The standard InChI is InChI=1S/C35H54N4O4/c1-11-14-18-28-31(36-13-3)29(19-22-37-28)38-30(27(7)40)23-24(4)26(6)32(41)39(33(42)43-34(8,9)10)35(25(5)12-2)20-16-15-17-21-35/h13,19,22-23,25H,11-12,14-18,20-21H2,1-10H3,(H,37,38)/b26-24+,30-23+,36-13?. The van der Waals surface area contributed by atoms with Crippen LogP contribution in [0.15, 0.2) is 40.2 Å². The molecule has 0 saturated heterocycles. The van der Waals surface area contributed by atoms with E-state index in [1.807, 2.05) is 27.7 Å². The van der Waals surface area contributed by atoms with E-state index in [2.05, 4.69) is 36.1 Å². The van der Waals surface area contributed by atoms with Crippen molar-refractivity contribution >= 4 is 35.4 Å². The number of pyridine rings is 1. The first-order chi connectivity index (χ1) is 20.2. The van der Waals surface area contributed by atoms with E-state index in [0.29, 0.717) is 28.2 Å². The Labute approximate surface area is 259 Å². The van der Waals surface area contributed by atoms with Gasteiger partial charge in [0, 0.05) is 24.9 Å². The number of ketones is 1. The molecule has 0 bridgehead atoms. The Balaban J connectivity index is 2.61. The van der Waals surface area contributed by atoms with Crippen LogP contribution < -0.4 is 5.32 Å². The Kier molecular flexibility index (Phi) is 13.3. The maximum absolute atomic E-state index is 14.3. The number of carbonyl (C=O) groups is 3. The number of rotatable bonds is 12. The zero-order chi connectivity index (χ0) is 32.4. The smallest absolute Gasteiger partial charge is 0.417 e. The molecule has 0 radical (unpaired) electrons. The third kappa shape index (κ3) is 9.35. The zero-order valence-electron chi connectivity index (χ0n) is 28.2. The molecule has 1 unspecified atom stereocenters. The summed E-state index contributed by atoms with van der Waals surface area (Å²) in [5.41, 5.74) is 2.16. The number of nitrogens with zero attached hydrogens (tertiary/aromatic N) is 3. The van der Waals surface area contributed by atoms with Crippen LogP contribution in [-0.2, 0) is 20.7 Å². The van der Waals surface area contributed by atoms with Crippen LogP contribution in [0, 0.1) is 5.92 Å². The van der Waals surface area contributed by atoms with E-state index in [0.717, 1.165) is 63.5 Å². The molecule has 1 aromatic rings. The fourth-order valence-corrected chi connectivity index (χ4v) is 5.69. The van der Waals surface area contributed by atoms with Crippen molar-refractivity contribution in [3.8, 4) is 0 Å². The number of imide groups is 1. The highest BCUT2D eigenvalue weighted by atomic mass is 16.6. The molecule has 1 N–H and O–H groups in total. The number of Topliss-reactive ketones (excluding diaryl/α,β-unsaturated/α-hetero) is 1. The van der Waals surface area contributed by atoms with Crippen LogP contribution in [0.5, 0.6) is 0 Å². The number of aliphatic imine (C=N–C) groups is 1. The van der Waals surface area contributed by atoms with Gasteiger partial charge in [-0.1, -0.05) is 52.9 Å². The van der Waals surface area contributed by atoms with Crippen LogP contribution in [0.4, 0.5) is 16.2 Å². The molecule has 0 aliphatic heterocycles. The number of ether oxygens (including phenoxy) is 1. The first-order valence-electron chi connectivity index (χ1n) is 15.9. The number of allylic oxidation sites excluding steroid dienone is 3. The minimum Gasteiger partial charge on any atom is -0.443 e. The number of hydrogen-bond donors (Lipinski definition) is 1. The van der Waals surface area contributed by atoms with Gasteiger partial charge in [-0.15, -0.1) is 0 Å². The van der Waals surface area contributed by atoms with Crippen molar-refractivity contribution in [3.63, 3.8) is 0 Å². The Morgan fingerprint density at radius 3 is 2.33 bits per heavy atom. The number of carbonyl (C=O) groups excluding carboxylic acids is 3. The number of unbranched alkanes of at least 4 members (excludes halogenated alkanes) is 1. The molecule has 43 heavy (non-hydrogen) atoms. The van der Waals surface area contributed by atoms with E-state index < -0.39 is 17.2 Å². The molecule has 0 aromatic carbocycles. The van der Waals surface area contributed by atoms with Crippen LogP contribution in [0.1, 0.15) is 126 Å². The number of aryl methyl sites for hydroxylation is 1. The minimum atomic E-state index is -0.752. The van der Waals surface area contributed by atoms with E-state index in [-0.39, 0.29) is 17.6 Å². The normalized spacial score (nSPS) is 16.8. The summed E-state index contributed by atoms with van der Waals surface area (Å²) >= 11 is 0. The van der Waals surface area contributed by atoms with E-state index in [1.165, 1.54) is 11.8 Å². The first-order valence-corrected chi connectivity index (χ1v) is 15.9. The van der Waals surface area contributed by atoms with E-state index in [4.69, 9.17) is 4.74 Å².